The fourth-order valence-corrected chi connectivity index (χ4v) is 6.13. The van der Waals surface area contributed by atoms with Crippen LogP contribution in [0.15, 0.2) is 0 Å². The van der Waals surface area contributed by atoms with Crippen LogP contribution in [0.2, 0.25) is 0 Å². The summed E-state index contributed by atoms with van der Waals surface area (Å²) in [5, 5.41) is 3.97. The summed E-state index contributed by atoms with van der Waals surface area (Å²) in [7, 11) is 0. The molecule has 1 atom stereocenters. The van der Waals surface area contributed by atoms with Crippen molar-refractivity contribution in [3.63, 3.8) is 0 Å². The molecular formula is C20H37N. The van der Waals surface area contributed by atoms with Crippen molar-refractivity contribution >= 4 is 0 Å². The average molecular weight is 292 g/mol. The molecule has 1 N–H and O–H groups in total. The predicted octanol–water partition coefficient (Wildman–Crippen LogP) is 5.25. The summed E-state index contributed by atoms with van der Waals surface area (Å²) in [5.41, 5.74) is 0. The molecular weight excluding hydrogens is 254 g/mol. The Morgan fingerprint density at radius 1 is 0.905 bits per heavy atom. The number of hydrogen-bond donors (Lipinski definition) is 1. The summed E-state index contributed by atoms with van der Waals surface area (Å²) in [6.07, 6.45) is 13.5. The van der Waals surface area contributed by atoms with Crippen LogP contribution < -0.4 is 5.32 Å². The summed E-state index contributed by atoms with van der Waals surface area (Å²) in [5.74, 6) is 6.29. The third kappa shape index (κ3) is 3.66. The van der Waals surface area contributed by atoms with Crippen molar-refractivity contribution in [2.24, 2.45) is 35.5 Å². The van der Waals surface area contributed by atoms with Crippen LogP contribution in [0.3, 0.4) is 0 Å². The van der Waals surface area contributed by atoms with Crippen LogP contribution >= 0.6 is 0 Å². The van der Waals surface area contributed by atoms with E-state index in [0.29, 0.717) is 0 Å². The van der Waals surface area contributed by atoms with E-state index in [1.165, 1.54) is 32.2 Å². The summed E-state index contributed by atoms with van der Waals surface area (Å²) < 4.78 is 0. The molecule has 4 rings (SSSR count). The van der Waals surface area contributed by atoms with Crippen LogP contribution in [0.25, 0.3) is 0 Å². The van der Waals surface area contributed by atoms with E-state index < -0.39 is 0 Å². The second kappa shape index (κ2) is 7.02. The maximum Gasteiger partial charge on any atom is 0.0101 e. The Hall–Kier alpha value is -0.0400. The Balaban J connectivity index is 1.61. The van der Waals surface area contributed by atoms with Gasteiger partial charge in [0, 0.05) is 6.04 Å². The van der Waals surface area contributed by atoms with Gasteiger partial charge in [-0.15, -0.1) is 0 Å². The SMILES string of the molecule is CCCNC(CCCC(C)C)C1C2CC3CC(C2)CC1C3. The van der Waals surface area contributed by atoms with E-state index in [9.17, 15) is 0 Å². The number of rotatable bonds is 8. The Labute approximate surface area is 132 Å². The minimum absolute atomic E-state index is 0.832. The second-order valence-corrected chi connectivity index (χ2v) is 8.89. The lowest BCUT2D eigenvalue weighted by Crippen LogP contribution is -2.53. The lowest BCUT2D eigenvalue weighted by Gasteiger charge is -2.56. The molecule has 4 bridgehead atoms. The van der Waals surface area contributed by atoms with Crippen molar-refractivity contribution in [1.82, 2.24) is 5.32 Å². The van der Waals surface area contributed by atoms with Gasteiger partial charge in [-0.05, 0) is 87.0 Å². The monoisotopic (exact) mass is 291 g/mol. The van der Waals surface area contributed by atoms with E-state index in [1.807, 2.05) is 0 Å². The van der Waals surface area contributed by atoms with Gasteiger partial charge >= 0.3 is 0 Å². The highest BCUT2D eigenvalue weighted by molar-refractivity contribution is 5.01. The molecule has 0 saturated heterocycles. The van der Waals surface area contributed by atoms with Crippen LogP contribution in [0.1, 0.15) is 78.6 Å². The molecule has 1 nitrogen and oxygen atoms in total. The summed E-state index contributed by atoms with van der Waals surface area (Å²) in [6, 6.07) is 0.832. The first-order chi connectivity index (χ1) is 10.2. The Kier molecular flexibility index (Phi) is 5.30. The summed E-state index contributed by atoms with van der Waals surface area (Å²) >= 11 is 0. The minimum Gasteiger partial charge on any atom is -0.314 e. The zero-order chi connectivity index (χ0) is 14.8. The fraction of sp³-hybridized carbons (Fsp3) is 1.00. The van der Waals surface area contributed by atoms with Crippen LogP contribution in [0.5, 0.6) is 0 Å². The van der Waals surface area contributed by atoms with Crippen molar-refractivity contribution in [2.75, 3.05) is 6.54 Å². The Morgan fingerprint density at radius 2 is 1.52 bits per heavy atom. The minimum atomic E-state index is 0.832. The standard InChI is InChI=1S/C20H37N/c1-4-8-21-19(7-5-6-14(2)3)20-17-10-15-9-16(12-17)13-18(20)11-15/h14-21H,4-13H2,1-3H3. The highest BCUT2D eigenvalue weighted by Gasteiger charge is 2.50. The maximum atomic E-state index is 3.97. The lowest BCUT2D eigenvalue weighted by atomic mass is 9.50. The smallest absolute Gasteiger partial charge is 0.0101 e. The largest absolute Gasteiger partial charge is 0.314 e. The van der Waals surface area contributed by atoms with Crippen molar-refractivity contribution in [3.05, 3.63) is 0 Å². The Bertz CT molecular complexity index is 294. The van der Waals surface area contributed by atoms with E-state index in [2.05, 4.69) is 26.1 Å². The summed E-state index contributed by atoms with van der Waals surface area (Å²) in [6.45, 7) is 8.29. The zero-order valence-corrected chi connectivity index (χ0v) is 14.6. The molecule has 4 fully saturated rings. The van der Waals surface area contributed by atoms with Gasteiger partial charge in [0.2, 0.25) is 0 Å². The first-order valence-corrected chi connectivity index (χ1v) is 9.90. The van der Waals surface area contributed by atoms with Crippen molar-refractivity contribution in [2.45, 2.75) is 84.6 Å². The van der Waals surface area contributed by atoms with Gasteiger partial charge in [0.15, 0.2) is 0 Å². The Morgan fingerprint density at radius 3 is 2.05 bits per heavy atom. The van der Waals surface area contributed by atoms with Gasteiger partial charge in [0.1, 0.15) is 0 Å². The van der Waals surface area contributed by atoms with E-state index in [1.54, 1.807) is 32.1 Å². The molecule has 0 aromatic rings. The molecule has 0 spiro atoms. The van der Waals surface area contributed by atoms with E-state index in [0.717, 1.165) is 41.5 Å². The third-order valence-electron chi connectivity index (χ3n) is 6.72. The highest BCUT2D eigenvalue weighted by Crippen LogP contribution is 2.57. The number of hydrogen-bond acceptors (Lipinski definition) is 1. The molecule has 0 radical (unpaired) electrons. The quantitative estimate of drug-likeness (QED) is 0.644. The predicted molar refractivity (Wildman–Crippen MR) is 91.3 cm³/mol. The molecule has 0 heterocycles. The molecule has 0 aromatic heterocycles. The van der Waals surface area contributed by atoms with E-state index in [-0.39, 0.29) is 0 Å². The van der Waals surface area contributed by atoms with Gasteiger partial charge in [0.25, 0.3) is 0 Å². The first-order valence-electron chi connectivity index (χ1n) is 9.90. The van der Waals surface area contributed by atoms with Crippen molar-refractivity contribution in [3.8, 4) is 0 Å². The van der Waals surface area contributed by atoms with Gasteiger partial charge in [-0.1, -0.05) is 33.6 Å². The van der Waals surface area contributed by atoms with Crippen molar-refractivity contribution in [1.29, 1.82) is 0 Å². The van der Waals surface area contributed by atoms with Gasteiger partial charge in [0.05, 0.1) is 0 Å². The van der Waals surface area contributed by atoms with E-state index >= 15 is 0 Å². The van der Waals surface area contributed by atoms with Crippen LogP contribution in [-0.4, -0.2) is 12.6 Å². The molecule has 0 amide bonds. The van der Waals surface area contributed by atoms with Gasteiger partial charge in [-0.25, -0.2) is 0 Å². The van der Waals surface area contributed by atoms with Gasteiger partial charge < -0.3 is 5.32 Å². The fourth-order valence-electron chi connectivity index (χ4n) is 6.13. The lowest BCUT2D eigenvalue weighted by molar-refractivity contribution is -0.0532. The molecule has 122 valence electrons. The van der Waals surface area contributed by atoms with Crippen LogP contribution in [0.4, 0.5) is 0 Å². The third-order valence-corrected chi connectivity index (χ3v) is 6.72. The van der Waals surface area contributed by atoms with Gasteiger partial charge in [-0.3, -0.25) is 0 Å². The van der Waals surface area contributed by atoms with Crippen LogP contribution in [-0.2, 0) is 0 Å². The molecule has 4 saturated carbocycles. The van der Waals surface area contributed by atoms with E-state index in [4.69, 9.17) is 0 Å². The molecule has 21 heavy (non-hydrogen) atoms. The van der Waals surface area contributed by atoms with Crippen molar-refractivity contribution < 1.29 is 0 Å². The summed E-state index contributed by atoms with van der Waals surface area (Å²) in [4.78, 5) is 0. The zero-order valence-electron chi connectivity index (χ0n) is 14.6. The topological polar surface area (TPSA) is 12.0 Å². The highest BCUT2D eigenvalue weighted by atomic mass is 14.9. The molecule has 0 aliphatic heterocycles. The second-order valence-electron chi connectivity index (χ2n) is 8.89. The normalized spacial score (nSPS) is 39.1. The van der Waals surface area contributed by atoms with Crippen LogP contribution in [0, 0.1) is 35.5 Å². The first kappa shape index (κ1) is 15.8. The molecule has 1 heteroatoms. The molecule has 4 aliphatic carbocycles. The molecule has 0 aromatic carbocycles. The average Bonchev–Trinajstić information content (AvgIpc) is 2.42. The molecule has 4 aliphatic rings. The van der Waals surface area contributed by atoms with Gasteiger partial charge in [-0.2, -0.15) is 0 Å². The maximum absolute atomic E-state index is 3.97. The number of nitrogens with one attached hydrogen (secondary N) is 1. The molecule has 1 unspecified atom stereocenters.